The number of rotatable bonds is 4. The van der Waals surface area contributed by atoms with Crippen LogP contribution in [0, 0.1) is 12.7 Å². The molecule has 5 nitrogen and oxygen atoms in total. The molecule has 1 aromatic carbocycles. The normalized spacial score (nSPS) is 20.6. The lowest BCUT2D eigenvalue weighted by atomic mass is 10.0. The molecule has 1 saturated heterocycles. The summed E-state index contributed by atoms with van der Waals surface area (Å²) >= 11 is 0. The first-order valence-electron chi connectivity index (χ1n) is 8.98. The molecule has 1 aliphatic heterocycles. The lowest BCUT2D eigenvalue weighted by molar-refractivity contribution is 0.0713. The number of piperidine rings is 1. The second-order valence-corrected chi connectivity index (χ2v) is 7.12. The lowest BCUT2D eigenvalue weighted by Crippen LogP contribution is -2.45. The Morgan fingerprint density at radius 2 is 2.04 bits per heavy atom. The fourth-order valence-corrected chi connectivity index (χ4v) is 3.59. The van der Waals surface area contributed by atoms with Gasteiger partial charge in [-0.1, -0.05) is 0 Å². The predicted molar refractivity (Wildman–Crippen MR) is 94.2 cm³/mol. The number of aryl methyl sites for hydroxylation is 1. The molecule has 1 aliphatic carbocycles. The maximum atomic E-state index is 13.1. The van der Waals surface area contributed by atoms with Crippen molar-refractivity contribution in [1.82, 2.24) is 15.1 Å². The highest BCUT2D eigenvalue weighted by Crippen LogP contribution is 2.41. The number of nitrogens with zero attached hydrogens (tertiary/aromatic N) is 2. The van der Waals surface area contributed by atoms with Crippen molar-refractivity contribution in [3.63, 3.8) is 0 Å². The Hall–Kier alpha value is -2.37. The van der Waals surface area contributed by atoms with Crippen LogP contribution in [0.1, 0.15) is 53.3 Å². The number of amides is 1. The maximum absolute atomic E-state index is 13.1. The van der Waals surface area contributed by atoms with E-state index >= 15 is 0 Å². The minimum Gasteiger partial charge on any atom is -0.381 e. The smallest absolute Gasteiger partial charge is 0.257 e. The van der Waals surface area contributed by atoms with Crippen LogP contribution < -0.4 is 5.32 Å². The van der Waals surface area contributed by atoms with Gasteiger partial charge in [-0.15, -0.1) is 0 Å². The van der Waals surface area contributed by atoms with Crippen LogP contribution in [0.5, 0.6) is 0 Å². The first-order chi connectivity index (χ1) is 12.1. The number of benzene rings is 1. The van der Waals surface area contributed by atoms with E-state index < -0.39 is 0 Å². The molecule has 2 aromatic rings. The van der Waals surface area contributed by atoms with E-state index in [4.69, 9.17) is 0 Å². The number of aromatic nitrogens is 2. The summed E-state index contributed by atoms with van der Waals surface area (Å²) in [5, 5.41) is 10.8. The number of H-pyrrole nitrogens is 1. The predicted octanol–water partition coefficient (Wildman–Crippen LogP) is 3.45. The Bertz CT molecular complexity index is 766. The number of carbonyl (C=O) groups excluding carboxylic acids is 1. The molecule has 2 N–H and O–H groups in total. The van der Waals surface area contributed by atoms with Gasteiger partial charge in [0.05, 0.1) is 11.3 Å². The highest BCUT2D eigenvalue weighted by molar-refractivity contribution is 5.96. The highest BCUT2D eigenvalue weighted by Gasteiger charge is 2.34. The molecule has 0 radical (unpaired) electrons. The van der Waals surface area contributed by atoms with Gasteiger partial charge in [-0.05, 0) is 56.9 Å². The molecule has 2 aliphatic rings. The van der Waals surface area contributed by atoms with E-state index in [1.54, 1.807) is 12.1 Å². The third-order valence-electron chi connectivity index (χ3n) is 5.08. The summed E-state index contributed by atoms with van der Waals surface area (Å²) in [5.41, 5.74) is 3.46. The minimum atomic E-state index is -0.242. The first-order valence-corrected chi connectivity index (χ1v) is 8.98. The number of aromatic amines is 1. The number of nitrogens with one attached hydrogen (secondary N) is 2. The van der Waals surface area contributed by atoms with Crippen molar-refractivity contribution in [2.75, 3.05) is 18.4 Å². The quantitative estimate of drug-likeness (QED) is 0.895. The minimum absolute atomic E-state index is 0.0822. The van der Waals surface area contributed by atoms with Gasteiger partial charge in [0.2, 0.25) is 0 Å². The monoisotopic (exact) mass is 342 g/mol. The van der Waals surface area contributed by atoms with Gasteiger partial charge >= 0.3 is 0 Å². The summed E-state index contributed by atoms with van der Waals surface area (Å²) in [6.07, 6.45) is 4.21. The van der Waals surface area contributed by atoms with Crippen LogP contribution in [-0.4, -0.2) is 40.1 Å². The average molecular weight is 342 g/mol. The second kappa shape index (κ2) is 6.50. The third-order valence-corrected chi connectivity index (χ3v) is 5.08. The largest absolute Gasteiger partial charge is 0.381 e. The molecule has 25 heavy (non-hydrogen) atoms. The fraction of sp³-hybridized carbons (Fsp3) is 0.474. The van der Waals surface area contributed by atoms with E-state index in [1.807, 2.05) is 11.8 Å². The molecule has 1 atom stereocenters. The highest BCUT2D eigenvalue weighted by atomic mass is 19.1. The average Bonchev–Trinajstić information content (AvgIpc) is 3.39. The number of hydrogen-bond donors (Lipinski definition) is 2. The van der Waals surface area contributed by atoms with E-state index in [0.717, 1.165) is 54.9 Å². The SMILES string of the molecule is Cc1[nH]nc(C2CC2)c1C(=O)N1CCC[C@H](Nc2ccc(F)cc2)C1. The molecule has 1 saturated carbocycles. The van der Waals surface area contributed by atoms with Crippen molar-refractivity contribution >= 4 is 11.6 Å². The van der Waals surface area contributed by atoms with Crippen molar-refractivity contribution in [2.24, 2.45) is 0 Å². The van der Waals surface area contributed by atoms with E-state index in [1.165, 1.54) is 12.1 Å². The Balaban J connectivity index is 1.46. The van der Waals surface area contributed by atoms with Crippen molar-refractivity contribution in [3.8, 4) is 0 Å². The third kappa shape index (κ3) is 3.38. The van der Waals surface area contributed by atoms with Gasteiger partial charge in [0.15, 0.2) is 0 Å². The van der Waals surface area contributed by atoms with Gasteiger partial charge in [0.1, 0.15) is 5.82 Å². The zero-order valence-electron chi connectivity index (χ0n) is 14.4. The number of anilines is 1. The number of halogens is 1. The van der Waals surface area contributed by atoms with Crippen LogP contribution >= 0.6 is 0 Å². The van der Waals surface area contributed by atoms with E-state index in [9.17, 15) is 9.18 Å². The van der Waals surface area contributed by atoms with Crippen molar-refractivity contribution < 1.29 is 9.18 Å². The van der Waals surface area contributed by atoms with Crippen LogP contribution in [0.4, 0.5) is 10.1 Å². The Morgan fingerprint density at radius 3 is 2.76 bits per heavy atom. The molecule has 4 rings (SSSR count). The molecule has 2 heterocycles. The molecular formula is C19H23FN4O. The van der Waals surface area contributed by atoms with Gasteiger partial charge in [-0.25, -0.2) is 4.39 Å². The zero-order chi connectivity index (χ0) is 17.4. The number of carbonyl (C=O) groups is 1. The Morgan fingerprint density at radius 1 is 1.28 bits per heavy atom. The molecule has 0 spiro atoms. The van der Waals surface area contributed by atoms with Crippen LogP contribution in [0.15, 0.2) is 24.3 Å². The molecule has 6 heteroatoms. The lowest BCUT2D eigenvalue weighted by Gasteiger charge is -2.34. The van der Waals surface area contributed by atoms with Gasteiger partial charge in [-0.3, -0.25) is 9.89 Å². The van der Waals surface area contributed by atoms with Crippen LogP contribution in [0.25, 0.3) is 0 Å². The van der Waals surface area contributed by atoms with Crippen LogP contribution in [0.2, 0.25) is 0 Å². The second-order valence-electron chi connectivity index (χ2n) is 7.12. The van der Waals surface area contributed by atoms with Crippen LogP contribution in [-0.2, 0) is 0 Å². The maximum Gasteiger partial charge on any atom is 0.257 e. The molecular weight excluding hydrogens is 319 g/mol. The fourth-order valence-electron chi connectivity index (χ4n) is 3.59. The molecule has 2 fully saturated rings. The number of hydrogen-bond acceptors (Lipinski definition) is 3. The van der Waals surface area contributed by atoms with Crippen molar-refractivity contribution in [2.45, 2.75) is 44.6 Å². The molecule has 1 aromatic heterocycles. The van der Waals surface area contributed by atoms with Crippen molar-refractivity contribution in [3.05, 3.63) is 47.0 Å². The van der Waals surface area contributed by atoms with E-state index in [-0.39, 0.29) is 17.8 Å². The van der Waals surface area contributed by atoms with E-state index in [0.29, 0.717) is 12.5 Å². The molecule has 0 bridgehead atoms. The summed E-state index contributed by atoms with van der Waals surface area (Å²) in [4.78, 5) is 15.0. The number of likely N-dealkylation sites (tertiary alicyclic amines) is 1. The molecule has 132 valence electrons. The van der Waals surface area contributed by atoms with Gasteiger partial charge < -0.3 is 10.2 Å². The summed E-state index contributed by atoms with van der Waals surface area (Å²) < 4.78 is 13.0. The summed E-state index contributed by atoms with van der Waals surface area (Å²) in [6, 6.07) is 6.55. The zero-order valence-corrected chi connectivity index (χ0v) is 14.4. The molecule has 0 unspecified atom stereocenters. The standard InChI is InChI=1S/C19H23FN4O/c1-12-17(18(23-22-12)13-4-5-13)19(25)24-10-2-3-16(11-24)21-15-8-6-14(20)7-9-15/h6-9,13,16,21H,2-5,10-11H2,1H3,(H,22,23)/t16-/m0/s1. The summed E-state index contributed by atoms with van der Waals surface area (Å²) in [6.45, 7) is 3.35. The van der Waals surface area contributed by atoms with E-state index in [2.05, 4.69) is 15.5 Å². The Labute approximate surface area is 146 Å². The van der Waals surface area contributed by atoms with Gasteiger partial charge in [-0.2, -0.15) is 5.10 Å². The van der Waals surface area contributed by atoms with Gasteiger partial charge in [0, 0.05) is 36.4 Å². The topological polar surface area (TPSA) is 61.0 Å². The Kier molecular flexibility index (Phi) is 4.19. The summed E-state index contributed by atoms with van der Waals surface area (Å²) in [5.74, 6) is 0.287. The molecule has 1 amide bonds. The van der Waals surface area contributed by atoms with Crippen LogP contribution in [0.3, 0.4) is 0 Å². The summed E-state index contributed by atoms with van der Waals surface area (Å²) in [7, 11) is 0. The first kappa shape index (κ1) is 16.1. The van der Waals surface area contributed by atoms with Crippen molar-refractivity contribution in [1.29, 1.82) is 0 Å². The van der Waals surface area contributed by atoms with Gasteiger partial charge in [0.25, 0.3) is 5.91 Å².